The number of hydrogen-bond donors (Lipinski definition) is 0. The van der Waals surface area contributed by atoms with Crippen molar-refractivity contribution in [2.75, 3.05) is 0 Å². The summed E-state index contributed by atoms with van der Waals surface area (Å²) in [5, 5.41) is 0. The largest absolute Gasteiger partial charge is 0.303 e. The van der Waals surface area contributed by atoms with Crippen molar-refractivity contribution < 1.29 is 4.79 Å². The number of carbonyl (C=O) groups excluding carboxylic acids is 1. The lowest BCUT2D eigenvalue weighted by Crippen LogP contribution is -2.04. The van der Waals surface area contributed by atoms with Gasteiger partial charge in [0.25, 0.3) is 0 Å². The lowest BCUT2D eigenvalue weighted by Gasteiger charge is -2.11. The average Bonchev–Trinajstić information content (AvgIpc) is 1.82. The molecule has 0 fully saturated rings. The Morgan fingerprint density at radius 1 is 1.56 bits per heavy atom. The monoisotopic (exact) mass is 126 g/mol. The normalized spacial score (nSPS) is 13.2. The molecule has 1 unspecified atom stereocenters. The molecule has 0 heterocycles. The highest BCUT2D eigenvalue weighted by Crippen LogP contribution is 2.13. The fourth-order valence-corrected chi connectivity index (χ4v) is 0.752. The van der Waals surface area contributed by atoms with Crippen LogP contribution in [0.5, 0.6) is 0 Å². The van der Waals surface area contributed by atoms with Gasteiger partial charge in [-0.2, -0.15) is 0 Å². The van der Waals surface area contributed by atoms with Crippen LogP contribution >= 0.6 is 0 Å². The van der Waals surface area contributed by atoms with Crippen LogP contribution in [0.3, 0.4) is 0 Å². The highest BCUT2D eigenvalue weighted by Gasteiger charge is 2.06. The molecular weight excluding hydrogens is 112 g/mol. The summed E-state index contributed by atoms with van der Waals surface area (Å²) in [5.41, 5.74) is 0. The van der Waals surface area contributed by atoms with E-state index in [-0.39, 0.29) is 0 Å². The second-order valence-corrected chi connectivity index (χ2v) is 2.55. The topological polar surface area (TPSA) is 17.1 Å². The molecule has 0 amide bonds. The lowest BCUT2D eigenvalue weighted by atomic mass is 9.94. The third kappa shape index (κ3) is 3.07. The molecule has 0 aliphatic carbocycles. The van der Waals surface area contributed by atoms with Crippen LogP contribution in [0.1, 0.15) is 20.3 Å². The Hall–Kier alpha value is -0.590. The van der Waals surface area contributed by atoms with Crippen molar-refractivity contribution in [1.29, 1.82) is 0 Å². The Balaban J connectivity index is 3.66. The van der Waals surface area contributed by atoms with Crippen LogP contribution in [-0.4, -0.2) is 6.29 Å². The molecule has 1 atom stereocenters. The van der Waals surface area contributed by atoms with E-state index in [1.807, 2.05) is 6.08 Å². The maximum absolute atomic E-state index is 10.0. The van der Waals surface area contributed by atoms with Crippen molar-refractivity contribution in [1.82, 2.24) is 0 Å². The van der Waals surface area contributed by atoms with E-state index in [0.29, 0.717) is 18.3 Å². The second-order valence-electron chi connectivity index (χ2n) is 2.55. The summed E-state index contributed by atoms with van der Waals surface area (Å²) in [6.07, 6.45) is 3.41. The smallest absolute Gasteiger partial charge is 0.120 e. The maximum Gasteiger partial charge on any atom is 0.120 e. The summed E-state index contributed by atoms with van der Waals surface area (Å²) < 4.78 is 0. The van der Waals surface area contributed by atoms with Gasteiger partial charge in [0, 0.05) is 6.42 Å². The molecule has 0 saturated carbocycles. The number of aldehydes is 1. The van der Waals surface area contributed by atoms with E-state index < -0.39 is 0 Å². The van der Waals surface area contributed by atoms with Crippen LogP contribution in [0, 0.1) is 11.8 Å². The van der Waals surface area contributed by atoms with Crippen LogP contribution < -0.4 is 0 Å². The molecule has 0 aliphatic heterocycles. The molecule has 0 rings (SSSR count). The van der Waals surface area contributed by atoms with Gasteiger partial charge < -0.3 is 4.79 Å². The van der Waals surface area contributed by atoms with E-state index in [4.69, 9.17) is 0 Å². The van der Waals surface area contributed by atoms with Crippen LogP contribution in [0.25, 0.3) is 0 Å². The molecular formula is C8H14O. The average molecular weight is 126 g/mol. The minimum atomic E-state index is 0.363. The van der Waals surface area contributed by atoms with E-state index in [1.54, 1.807) is 0 Å². The minimum absolute atomic E-state index is 0.363. The zero-order chi connectivity index (χ0) is 7.28. The Morgan fingerprint density at radius 3 is 2.22 bits per heavy atom. The third-order valence-electron chi connectivity index (χ3n) is 1.53. The molecule has 0 saturated heterocycles. The molecule has 0 aromatic carbocycles. The summed E-state index contributed by atoms with van der Waals surface area (Å²) >= 11 is 0. The van der Waals surface area contributed by atoms with Gasteiger partial charge in [-0.1, -0.05) is 19.9 Å². The number of rotatable bonds is 4. The van der Waals surface area contributed by atoms with Crippen LogP contribution in [-0.2, 0) is 4.79 Å². The summed E-state index contributed by atoms with van der Waals surface area (Å²) in [4.78, 5) is 10.0. The molecule has 0 bridgehead atoms. The van der Waals surface area contributed by atoms with Gasteiger partial charge in [0.05, 0.1) is 0 Å². The summed E-state index contributed by atoms with van der Waals surface area (Å²) in [7, 11) is 0. The molecule has 0 aliphatic rings. The van der Waals surface area contributed by atoms with Crippen molar-refractivity contribution in [2.45, 2.75) is 20.3 Å². The summed E-state index contributed by atoms with van der Waals surface area (Å²) in [5.74, 6) is 0.898. The van der Waals surface area contributed by atoms with E-state index >= 15 is 0 Å². The predicted molar refractivity (Wildman–Crippen MR) is 39.2 cm³/mol. The van der Waals surface area contributed by atoms with Gasteiger partial charge in [-0.15, -0.1) is 6.58 Å². The van der Waals surface area contributed by atoms with E-state index in [2.05, 4.69) is 20.4 Å². The van der Waals surface area contributed by atoms with Crippen molar-refractivity contribution >= 4 is 6.29 Å². The number of hydrogen-bond acceptors (Lipinski definition) is 1. The molecule has 0 N–H and O–H groups in total. The molecule has 1 heteroatoms. The van der Waals surface area contributed by atoms with Crippen LogP contribution in [0.4, 0.5) is 0 Å². The summed E-state index contributed by atoms with van der Waals surface area (Å²) in [6.45, 7) is 7.83. The Labute approximate surface area is 56.8 Å². The fourth-order valence-electron chi connectivity index (χ4n) is 0.752. The molecule has 52 valence electrons. The molecule has 0 radical (unpaired) electrons. The second kappa shape index (κ2) is 4.30. The fraction of sp³-hybridized carbons (Fsp3) is 0.625. The van der Waals surface area contributed by atoms with Gasteiger partial charge in [-0.05, 0) is 11.8 Å². The van der Waals surface area contributed by atoms with Crippen LogP contribution in [0.2, 0.25) is 0 Å². The van der Waals surface area contributed by atoms with Gasteiger partial charge in [0.15, 0.2) is 0 Å². The predicted octanol–water partition coefficient (Wildman–Crippen LogP) is 2.03. The van der Waals surface area contributed by atoms with Crippen molar-refractivity contribution in [3.8, 4) is 0 Å². The first-order valence-electron chi connectivity index (χ1n) is 3.28. The number of allylic oxidation sites excluding steroid dienone is 1. The van der Waals surface area contributed by atoms with Crippen molar-refractivity contribution in [3.05, 3.63) is 12.7 Å². The van der Waals surface area contributed by atoms with Crippen LogP contribution in [0.15, 0.2) is 12.7 Å². The zero-order valence-electron chi connectivity index (χ0n) is 6.13. The van der Waals surface area contributed by atoms with Crippen molar-refractivity contribution in [2.24, 2.45) is 11.8 Å². The molecule has 9 heavy (non-hydrogen) atoms. The molecule has 0 spiro atoms. The first-order chi connectivity index (χ1) is 4.22. The minimum Gasteiger partial charge on any atom is -0.303 e. The highest BCUT2D eigenvalue weighted by molar-refractivity contribution is 5.50. The zero-order valence-corrected chi connectivity index (χ0v) is 6.13. The van der Waals surface area contributed by atoms with Gasteiger partial charge in [-0.3, -0.25) is 0 Å². The first kappa shape index (κ1) is 8.41. The van der Waals surface area contributed by atoms with Gasteiger partial charge in [-0.25, -0.2) is 0 Å². The van der Waals surface area contributed by atoms with Crippen molar-refractivity contribution in [3.63, 3.8) is 0 Å². The van der Waals surface area contributed by atoms with E-state index in [0.717, 1.165) is 6.29 Å². The quantitative estimate of drug-likeness (QED) is 0.416. The molecule has 1 nitrogen and oxygen atoms in total. The standard InChI is InChI=1S/C8H14O/c1-4-8(5-6-9)7(2)3/h4,6-8H,1,5H2,2-3H3. The molecule has 0 aromatic rings. The molecule has 0 aromatic heterocycles. The Kier molecular flexibility index (Phi) is 4.02. The number of carbonyl (C=O) groups is 1. The first-order valence-corrected chi connectivity index (χ1v) is 3.28. The SMILES string of the molecule is C=CC(CC=O)C(C)C. The highest BCUT2D eigenvalue weighted by atomic mass is 16.1. The van der Waals surface area contributed by atoms with Gasteiger partial charge >= 0.3 is 0 Å². The van der Waals surface area contributed by atoms with E-state index in [1.165, 1.54) is 0 Å². The third-order valence-corrected chi connectivity index (χ3v) is 1.53. The van der Waals surface area contributed by atoms with Gasteiger partial charge in [0.2, 0.25) is 0 Å². The summed E-state index contributed by atoms with van der Waals surface area (Å²) in [6, 6.07) is 0. The maximum atomic E-state index is 10.0. The van der Waals surface area contributed by atoms with Gasteiger partial charge in [0.1, 0.15) is 6.29 Å². The lowest BCUT2D eigenvalue weighted by molar-refractivity contribution is -0.108. The Morgan fingerprint density at radius 2 is 2.11 bits per heavy atom. The van der Waals surface area contributed by atoms with E-state index in [9.17, 15) is 4.79 Å². The Bertz CT molecular complexity index is 94.7.